The second-order valence-electron chi connectivity index (χ2n) is 2.70. The van der Waals surface area contributed by atoms with Crippen molar-refractivity contribution in [2.24, 2.45) is 0 Å². The third-order valence-corrected chi connectivity index (χ3v) is 1.78. The summed E-state index contributed by atoms with van der Waals surface area (Å²) in [5, 5.41) is 1.68. The van der Waals surface area contributed by atoms with E-state index in [-0.39, 0.29) is 12.3 Å². The van der Waals surface area contributed by atoms with Crippen molar-refractivity contribution in [3.63, 3.8) is 0 Å². The van der Waals surface area contributed by atoms with Crippen LogP contribution in [0.2, 0.25) is 0 Å². The molecule has 1 saturated heterocycles. The highest BCUT2D eigenvalue weighted by Gasteiger charge is 2.43. The Morgan fingerprint density at radius 2 is 2.15 bits per heavy atom. The van der Waals surface area contributed by atoms with E-state index in [9.17, 15) is 22.8 Å². The van der Waals surface area contributed by atoms with Crippen molar-refractivity contribution in [3.05, 3.63) is 0 Å². The molecule has 1 heterocycles. The summed E-state index contributed by atoms with van der Waals surface area (Å²) in [6, 6.07) is 0. The Morgan fingerprint density at radius 1 is 1.62 bits per heavy atom. The predicted molar refractivity (Wildman–Crippen MR) is 35.4 cm³/mol. The van der Waals surface area contributed by atoms with Crippen LogP contribution in [-0.2, 0) is 9.59 Å². The first-order chi connectivity index (χ1) is 5.82. The first-order valence-corrected chi connectivity index (χ1v) is 3.45. The molecule has 4 nitrogen and oxygen atoms in total. The van der Waals surface area contributed by atoms with Gasteiger partial charge < -0.3 is 10.2 Å². The van der Waals surface area contributed by atoms with Crippen LogP contribution in [-0.4, -0.2) is 36.1 Å². The number of hydrogen-bond acceptors (Lipinski definition) is 2. The Hall–Kier alpha value is -1.27. The molecule has 0 spiro atoms. The van der Waals surface area contributed by atoms with E-state index in [4.69, 9.17) is 0 Å². The normalized spacial score (nSPS) is 22.6. The fourth-order valence-electron chi connectivity index (χ4n) is 0.889. The number of nitrogens with zero attached hydrogens (tertiary/aromatic N) is 1. The maximum atomic E-state index is 11.7. The van der Waals surface area contributed by atoms with Crippen LogP contribution >= 0.6 is 0 Å². The van der Waals surface area contributed by atoms with E-state index in [0.29, 0.717) is 0 Å². The van der Waals surface area contributed by atoms with E-state index in [1.807, 2.05) is 0 Å². The highest BCUT2D eigenvalue weighted by molar-refractivity contribution is 5.87. The standard InChI is InChI=1S/C6H7F3N2O2/c1-11-3(2-4(11)12)10-5(13)6(7,8)9/h3H,2H2,1H3,(H,10,13). The van der Waals surface area contributed by atoms with Gasteiger partial charge in [0.15, 0.2) is 0 Å². The number of rotatable bonds is 1. The molecular weight excluding hydrogens is 189 g/mol. The lowest BCUT2D eigenvalue weighted by Crippen LogP contribution is -2.60. The van der Waals surface area contributed by atoms with Gasteiger partial charge in [0, 0.05) is 7.05 Å². The van der Waals surface area contributed by atoms with E-state index in [0.717, 1.165) is 4.90 Å². The number of carbonyl (C=O) groups is 2. The quantitative estimate of drug-likeness (QED) is 0.593. The topological polar surface area (TPSA) is 49.4 Å². The van der Waals surface area contributed by atoms with Gasteiger partial charge in [-0.3, -0.25) is 9.59 Å². The molecule has 1 rings (SSSR count). The van der Waals surface area contributed by atoms with Gasteiger partial charge in [0.2, 0.25) is 5.91 Å². The zero-order valence-electron chi connectivity index (χ0n) is 6.68. The molecule has 7 heteroatoms. The minimum atomic E-state index is -4.89. The van der Waals surface area contributed by atoms with E-state index >= 15 is 0 Å². The Morgan fingerprint density at radius 3 is 2.46 bits per heavy atom. The Kier molecular flexibility index (Phi) is 2.19. The number of β-lactam (4-membered cyclic amide) rings is 1. The highest BCUT2D eigenvalue weighted by Crippen LogP contribution is 2.18. The molecule has 0 saturated carbocycles. The molecule has 1 aliphatic rings. The SMILES string of the molecule is CN1C(=O)CC1NC(=O)C(F)(F)F. The van der Waals surface area contributed by atoms with E-state index in [2.05, 4.69) is 0 Å². The number of halogens is 3. The van der Waals surface area contributed by atoms with Gasteiger partial charge in [-0.2, -0.15) is 13.2 Å². The fourth-order valence-corrected chi connectivity index (χ4v) is 0.889. The van der Waals surface area contributed by atoms with Crippen molar-refractivity contribution in [2.75, 3.05) is 7.05 Å². The van der Waals surface area contributed by atoms with Crippen LogP contribution in [0.4, 0.5) is 13.2 Å². The van der Waals surface area contributed by atoms with Crippen LogP contribution < -0.4 is 5.32 Å². The molecule has 1 fully saturated rings. The highest BCUT2D eigenvalue weighted by atomic mass is 19.4. The monoisotopic (exact) mass is 196 g/mol. The van der Waals surface area contributed by atoms with Crippen LogP contribution in [0.1, 0.15) is 6.42 Å². The van der Waals surface area contributed by atoms with Crippen molar-refractivity contribution >= 4 is 11.8 Å². The lowest BCUT2D eigenvalue weighted by Gasteiger charge is -2.37. The molecule has 74 valence electrons. The van der Waals surface area contributed by atoms with Crippen molar-refractivity contribution in [1.29, 1.82) is 0 Å². The van der Waals surface area contributed by atoms with Crippen LogP contribution in [0.25, 0.3) is 0 Å². The summed E-state index contributed by atoms with van der Waals surface area (Å²) in [5.74, 6) is -2.30. The molecule has 0 bridgehead atoms. The van der Waals surface area contributed by atoms with Crippen molar-refractivity contribution in [2.45, 2.75) is 18.8 Å². The van der Waals surface area contributed by atoms with Gasteiger partial charge in [-0.25, -0.2) is 0 Å². The summed E-state index contributed by atoms with van der Waals surface area (Å²) in [5.41, 5.74) is 0. The smallest absolute Gasteiger partial charge is 0.328 e. The molecule has 1 aliphatic heterocycles. The fraction of sp³-hybridized carbons (Fsp3) is 0.667. The van der Waals surface area contributed by atoms with Gasteiger partial charge in [0.05, 0.1) is 6.42 Å². The summed E-state index contributed by atoms with van der Waals surface area (Å²) < 4.78 is 35.0. The zero-order valence-corrected chi connectivity index (χ0v) is 6.68. The lowest BCUT2D eigenvalue weighted by atomic mass is 10.1. The first kappa shape index (κ1) is 9.82. The number of nitrogens with one attached hydrogen (secondary N) is 1. The van der Waals surface area contributed by atoms with E-state index in [1.54, 1.807) is 5.32 Å². The summed E-state index contributed by atoms with van der Waals surface area (Å²) in [4.78, 5) is 22.0. The van der Waals surface area contributed by atoms with Crippen LogP contribution in [0.5, 0.6) is 0 Å². The van der Waals surface area contributed by atoms with Crippen molar-refractivity contribution < 1.29 is 22.8 Å². The first-order valence-electron chi connectivity index (χ1n) is 3.45. The Bertz CT molecular complexity index is 251. The average molecular weight is 196 g/mol. The molecule has 1 N–H and O–H groups in total. The molecule has 2 amide bonds. The van der Waals surface area contributed by atoms with Gasteiger partial charge in [0.25, 0.3) is 0 Å². The van der Waals surface area contributed by atoms with Gasteiger partial charge in [0.1, 0.15) is 6.17 Å². The molecule has 0 aromatic carbocycles. The Balaban J connectivity index is 2.43. The van der Waals surface area contributed by atoms with E-state index in [1.165, 1.54) is 7.05 Å². The molecule has 0 radical (unpaired) electrons. The van der Waals surface area contributed by atoms with Gasteiger partial charge in [-0.05, 0) is 0 Å². The summed E-state index contributed by atoms with van der Waals surface area (Å²) in [7, 11) is 1.33. The van der Waals surface area contributed by atoms with Gasteiger partial charge >= 0.3 is 12.1 Å². The molecule has 0 aliphatic carbocycles. The second kappa shape index (κ2) is 2.90. The Labute approximate surface area is 71.7 Å². The lowest BCUT2D eigenvalue weighted by molar-refractivity contribution is -0.178. The van der Waals surface area contributed by atoms with Gasteiger partial charge in [-0.1, -0.05) is 0 Å². The largest absolute Gasteiger partial charge is 0.471 e. The predicted octanol–water partition coefficient (Wildman–Crippen LogP) is -0.147. The minimum Gasteiger partial charge on any atom is -0.328 e. The molecular formula is C6H7F3N2O2. The number of carbonyl (C=O) groups excluding carboxylic acids is 2. The van der Waals surface area contributed by atoms with Crippen LogP contribution in [0, 0.1) is 0 Å². The number of likely N-dealkylation sites (tertiary alicyclic amines) is 1. The average Bonchev–Trinajstić information content (AvgIpc) is 2.01. The molecule has 0 aromatic heterocycles. The molecule has 13 heavy (non-hydrogen) atoms. The summed E-state index contributed by atoms with van der Waals surface area (Å²) in [6.45, 7) is 0. The third kappa shape index (κ3) is 1.90. The molecule has 1 unspecified atom stereocenters. The van der Waals surface area contributed by atoms with Crippen molar-refractivity contribution in [1.82, 2.24) is 10.2 Å². The number of amides is 2. The maximum absolute atomic E-state index is 11.7. The third-order valence-electron chi connectivity index (χ3n) is 1.78. The molecule has 0 aromatic rings. The minimum absolute atomic E-state index is 0.0711. The zero-order chi connectivity index (χ0) is 10.2. The van der Waals surface area contributed by atoms with Crippen LogP contribution in [0.15, 0.2) is 0 Å². The number of hydrogen-bond donors (Lipinski definition) is 1. The molecule has 1 atom stereocenters. The number of alkyl halides is 3. The summed E-state index contributed by atoms with van der Waals surface area (Å²) in [6.07, 6.45) is -5.78. The van der Waals surface area contributed by atoms with Crippen molar-refractivity contribution in [3.8, 4) is 0 Å². The summed E-state index contributed by atoms with van der Waals surface area (Å²) >= 11 is 0. The van der Waals surface area contributed by atoms with Crippen LogP contribution in [0.3, 0.4) is 0 Å². The van der Waals surface area contributed by atoms with E-state index < -0.39 is 18.2 Å². The second-order valence-corrected chi connectivity index (χ2v) is 2.70. The maximum Gasteiger partial charge on any atom is 0.471 e. The van der Waals surface area contributed by atoms with Gasteiger partial charge in [-0.15, -0.1) is 0 Å².